The Morgan fingerprint density at radius 3 is 2.54 bits per heavy atom. The molecule has 2 aromatic carbocycles. The molecule has 28 heavy (non-hydrogen) atoms. The van der Waals surface area contributed by atoms with E-state index in [9.17, 15) is 15.0 Å². The maximum atomic E-state index is 10.7. The fourth-order valence-corrected chi connectivity index (χ4v) is 2.99. The number of ether oxygens (including phenoxy) is 1. The van der Waals surface area contributed by atoms with E-state index in [-0.39, 0.29) is 36.0 Å². The number of aliphatic hydroxyl groups excluding tert-OH is 1. The molecule has 4 nitrogen and oxygen atoms in total. The molecule has 1 N–H and O–H groups in total. The van der Waals surface area contributed by atoms with Crippen molar-refractivity contribution < 1.29 is 49.3 Å². The summed E-state index contributed by atoms with van der Waals surface area (Å²) in [5, 5.41) is 23.2. The molecular weight excluding hydrogens is 363 g/mol. The van der Waals surface area contributed by atoms with Crippen LogP contribution in [0, 0.1) is 0 Å². The van der Waals surface area contributed by atoms with Crippen molar-refractivity contribution in [2.45, 2.75) is 58.0 Å². The Kier molecular flexibility index (Phi) is 12.2. The van der Waals surface area contributed by atoms with Crippen LogP contribution in [-0.2, 0) is 4.79 Å². The smallest absolute Gasteiger partial charge is 0.550 e. The summed E-state index contributed by atoms with van der Waals surface area (Å²) in [6.45, 7) is 2.80. The molecule has 0 fully saturated rings. The molecule has 1 unspecified atom stereocenters. The fraction of sp³-hybridized carbons (Fsp3) is 0.435. The van der Waals surface area contributed by atoms with Gasteiger partial charge < -0.3 is 19.7 Å². The molecule has 0 heterocycles. The number of carbonyl (C=O) groups is 1. The van der Waals surface area contributed by atoms with Crippen LogP contribution in [0.1, 0.15) is 63.5 Å². The van der Waals surface area contributed by atoms with Gasteiger partial charge >= 0.3 is 29.6 Å². The summed E-state index contributed by atoms with van der Waals surface area (Å²) in [7, 11) is 0. The summed E-state index contributed by atoms with van der Waals surface area (Å²) < 4.78 is 5.98. The predicted octanol–water partition coefficient (Wildman–Crippen LogP) is 1.31. The van der Waals surface area contributed by atoms with Crippen LogP contribution in [0.5, 0.6) is 5.75 Å². The molecule has 0 spiro atoms. The van der Waals surface area contributed by atoms with Gasteiger partial charge in [0.2, 0.25) is 0 Å². The van der Waals surface area contributed by atoms with E-state index in [1.807, 2.05) is 48.6 Å². The zero-order chi connectivity index (χ0) is 19.5. The first-order chi connectivity index (χ1) is 13.1. The minimum Gasteiger partial charge on any atom is -0.550 e. The first-order valence-corrected chi connectivity index (χ1v) is 9.80. The number of rotatable bonds is 12. The van der Waals surface area contributed by atoms with E-state index in [0.29, 0.717) is 25.9 Å². The van der Waals surface area contributed by atoms with Crippen molar-refractivity contribution >= 4 is 16.7 Å². The van der Waals surface area contributed by atoms with Gasteiger partial charge in [-0.25, -0.2) is 0 Å². The van der Waals surface area contributed by atoms with E-state index >= 15 is 0 Å². The number of fused-ring (bicyclic) bond motifs is 1. The van der Waals surface area contributed by atoms with Gasteiger partial charge in [-0.15, -0.1) is 0 Å². The molecule has 0 saturated carbocycles. The summed E-state index contributed by atoms with van der Waals surface area (Å²) >= 11 is 0. The molecule has 146 valence electrons. The van der Waals surface area contributed by atoms with Gasteiger partial charge in [-0.2, -0.15) is 0 Å². The Balaban J connectivity index is 0.00000392. The van der Waals surface area contributed by atoms with E-state index in [1.165, 1.54) is 0 Å². The second-order valence-electron chi connectivity index (χ2n) is 6.78. The van der Waals surface area contributed by atoms with Crippen molar-refractivity contribution in [2.24, 2.45) is 0 Å². The summed E-state index contributed by atoms with van der Waals surface area (Å²) in [5.41, 5.74) is 0.796. The molecule has 0 amide bonds. The van der Waals surface area contributed by atoms with Crippen LogP contribution in [0.25, 0.3) is 10.8 Å². The molecule has 0 aliphatic carbocycles. The fourth-order valence-electron chi connectivity index (χ4n) is 2.99. The van der Waals surface area contributed by atoms with E-state index in [2.05, 4.69) is 6.92 Å². The second kappa shape index (κ2) is 13.8. The number of carbonyl (C=O) groups excluding carboxylic acids is 1. The van der Waals surface area contributed by atoms with E-state index in [1.54, 1.807) is 0 Å². The number of carboxylic acids is 1. The van der Waals surface area contributed by atoms with E-state index in [4.69, 9.17) is 4.74 Å². The zero-order valence-corrected chi connectivity index (χ0v) is 19.0. The number of aliphatic hydroxyl groups is 1. The monoisotopic (exact) mass is 392 g/mol. The second-order valence-corrected chi connectivity index (χ2v) is 6.78. The number of hydrogen-bond donors (Lipinski definition) is 1. The third kappa shape index (κ3) is 8.36. The first-order valence-electron chi connectivity index (χ1n) is 9.80. The van der Waals surface area contributed by atoms with Crippen molar-refractivity contribution in [3.8, 4) is 5.75 Å². The van der Waals surface area contributed by atoms with Gasteiger partial charge in [0, 0.05) is 11.5 Å². The molecule has 2 rings (SSSR count). The standard InChI is InChI=1S/C23H30O4.Na/c1-2-3-10-15-27-22-17-19-12-9-8-11-18(19)16-20(22)21(24)13-6-4-5-7-14-23(25)26;/h4,6,8-9,11-12,16-17,21,24H,2-3,5,7,10,13-15H2,1H3,(H,25,26);/q;+1/p-1/b6-4+;. The van der Waals surface area contributed by atoms with Crippen LogP contribution in [0.15, 0.2) is 48.6 Å². The minimum atomic E-state index is -1.02. The van der Waals surface area contributed by atoms with Crippen molar-refractivity contribution in [1.29, 1.82) is 0 Å². The van der Waals surface area contributed by atoms with Crippen LogP contribution in [0.2, 0.25) is 0 Å². The molecule has 0 aromatic heterocycles. The number of aliphatic carboxylic acids is 1. The average molecular weight is 392 g/mol. The Morgan fingerprint density at radius 2 is 1.86 bits per heavy atom. The van der Waals surface area contributed by atoms with Gasteiger partial charge in [0.15, 0.2) is 0 Å². The predicted molar refractivity (Wildman–Crippen MR) is 107 cm³/mol. The third-order valence-electron chi connectivity index (χ3n) is 4.52. The van der Waals surface area contributed by atoms with Gasteiger partial charge in [-0.3, -0.25) is 0 Å². The Morgan fingerprint density at radius 1 is 1.14 bits per heavy atom. The molecule has 0 bridgehead atoms. The topological polar surface area (TPSA) is 69.6 Å². The molecule has 0 saturated heterocycles. The quantitative estimate of drug-likeness (QED) is 0.336. The maximum absolute atomic E-state index is 10.7. The SMILES string of the molecule is CCCCCOc1cc2ccccc2cc1C(O)C/C=C/CCCC(=O)[O-].[Na+]. The Labute approximate surface area is 189 Å². The van der Waals surface area contributed by atoms with Crippen molar-refractivity contribution in [1.82, 2.24) is 0 Å². The molecular formula is C23H29NaO4. The number of hydrogen-bond acceptors (Lipinski definition) is 4. The number of allylic oxidation sites excluding steroid dienone is 1. The Hall–Kier alpha value is -1.33. The normalized spacial score (nSPS) is 12.1. The van der Waals surface area contributed by atoms with Crippen molar-refractivity contribution in [3.63, 3.8) is 0 Å². The maximum Gasteiger partial charge on any atom is 1.00 e. The van der Waals surface area contributed by atoms with Gasteiger partial charge in [0.1, 0.15) is 5.75 Å². The van der Waals surface area contributed by atoms with Gasteiger partial charge in [0.25, 0.3) is 0 Å². The van der Waals surface area contributed by atoms with Crippen LogP contribution in [-0.4, -0.2) is 17.7 Å². The summed E-state index contributed by atoms with van der Waals surface area (Å²) in [6.07, 6.45) is 8.16. The van der Waals surface area contributed by atoms with Crippen molar-refractivity contribution in [3.05, 3.63) is 54.1 Å². The summed E-state index contributed by atoms with van der Waals surface area (Å²) in [5.74, 6) is -0.285. The van der Waals surface area contributed by atoms with E-state index < -0.39 is 12.1 Å². The molecule has 2 aromatic rings. The minimum absolute atomic E-state index is 0. The van der Waals surface area contributed by atoms with Gasteiger partial charge in [-0.1, -0.05) is 56.2 Å². The van der Waals surface area contributed by atoms with Gasteiger partial charge in [0.05, 0.1) is 12.7 Å². The molecule has 0 radical (unpaired) electrons. The Bertz CT molecular complexity index is 757. The van der Waals surface area contributed by atoms with Crippen LogP contribution in [0.3, 0.4) is 0 Å². The number of carboxylic acid groups (broad SMARTS) is 1. The number of unbranched alkanes of at least 4 members (excludes halogenated alkanes) is 3. The molecule has 1 atom stereocenters. The third-order valence-corrected chi connectivity index (χ3v) is 4.52. The summed E-state index contributed by atoms with van der Waals surface area (Å²) in [6, 6.07) is 12.1. The summed E-state index contributed by atoms with van der Waals surface area (Å²) in [4.78, 5) is 10.4. The zero-order valence-electron chi connectivity index (χ0n) is 17.0. The van der Waals surface area contributed by atoms with Crippen LogP contribution < -0.4 is 39.4 Å². The molecule has 0 aliphatic heterocycles. The van der Waals surface area contributed by atoms with E-state index in [0.717, 1.165) is 41.3 Å². The molecule has 5 heteroatoms. The molecule has 0 aliphatic rings. The van der Waals surface area contributed by atoms with Crippen LogP contribution >= 0.6 is 0 Å². The van der Waals surface area contributed by atoms with Crippen LogP contribution in [0.4, 0.5) is 0 Å². The van der Waals surface area contributed by atoms with Gasteiger partial charge in [-0.05, 0) is 55.0 Å². The first kappa shape index (κ1) is 24.7. The average Bonchev–Trinajstić information content (AvgIpc) is 2.67. The largest absolute Gasteiger partial charge is 1.00 e. The van der Waals surface area contributed by atoms with Crippen molar-refractivity contribution in [2.75, 3.05) is 6.61 Å². The number of benzene rings is 2.